The fraction of sp³-hybridized carbons (Fsp3) is 0.853. The van der Waals surface area contributed by atoms with Crippen molar-refractivity contribution < 1.29 is 15.0 Å². The van der Waals surface area contributed by atoms with Crippen molar-refractivity contribution >= 4 is 17.9 Å². The van der Waals surface area contributed by atoms with Gasteiger partial charge in [-0.1, -0.05) is 60.1 Å². The number of nitrogens with one attached hydrogen (secondary N) is 1. The van der Waals surface area contributed by atoms with Gasteiger partial charge >= 0.3 is 5.97 Å². The molecule has 0 heterocycles. The zero-order valence-electron chi connectivity index (χ0n) is 27.8. The topological polar surface area (TPSA) is 149 Å². The monoisotopic (exact) mass is 585 g/mol. The van der Waals surface area contributed by atoms with Gasteiger partial charge in [0.1, 0.15) is 0 Å². The van der Waals surface area contributed by atoms with E-state index >= 15 is 0 Å². The molecule has 42 heavy (non-hydrogen) atoms. The molecule has 0 amide bonds. The van der Waals surface area contributed by atoms with Gasteiger partial charge in [0.15, 0.2) is 5.96 Å². The average molecular weight is 586 g/mol. The van der Waals surface area contributed by atoms with Crippen LogP contribution < -0.4 is 11.5 Å². The first-order chi connectivity index (χ1) is 19.3. The molecule has 4 fully saturated rings. The zero-order valence-corrected chi connectivity index (χ0v) is 27.8. The molecule has 0 aromatic rings. The highest BCUT2D eigenvalue weighted by molar-refractivity contribution is 5.91. The molecule has 8 nitrogen and oxygen atoms in total. The Kier molecular flexibility index (Phi) is 8.45. The standard InChI is InChI=1S/C30H48O3.C4H11N5/c1-18-10-15-30(25(32)33)17-16-28(6)20(24(30)19(18)2)8-9-22-27(5)13-12-23(31)26(3,4)21(27)11-14-29(22,28)7;1-9(2)4(7)8-3(5)6/h8,18-19,21-24,31H,9-17H2,1-7H3,(H,32,33);1-2H3,(H5,5,6,7,8)/t18-,19+,21?,22?,23+,24+,27+,28-,29-,30+;/m1./s1. The summed E-state index contributed by atoms with van der Waals surface area (Å²) in [5.41, 5.74) is 11.7. The Morgan fingerprint density at radius 1 is 0.976 bits per heavy atom. The number of nitrogens with two attached hydrogens (primary N) is 2. The van der Waals surface area contributed by atoms with Crippen molar-refractivity contribution in [1.82, 2.24) is 4.90 Å². The number of carboxylic acids is 1. The molecule has 7 N–H and O–H groups in total. The first-order valence-corrected chi connectivity index (χ1v) is 16.3. The molecule has 238 valence electrons. The lowest BCUT2D eigenvalue weighted by Gasteiger charge is -2.71. The number of allylic oxidation sites excluding steroid dienone is 2. The first kappa shape index (κ1) is 32.8. The van der Waals surface area contributed by atoms with Gasteiger partial charge in [-0.3, -0.25) is 10.2 Å². The SMILES string of the molecule is CN(C)C(N)=NC(=N)N.C[C@H]1[C@H](C)CC[C@]2(C(=O)O)CC[C@]3(C)C(=CCC4[C@@]5(C)CC[C@H](O)C(C)(C)C5CC[C@]43C)[C@H]12. The van der Waals surface area contributed by atoms with Gasteiger partial charge in [-0.05, 0) is 109 Å². The second-order valence-electron chi connectivity index (χ2n) is 16.2. The number of hydrogen-bond acceptors (Lipinski definition) is 3. The predicted octanol–water partition coefficient (Wildman–Crippen LogP) is 5.85. The molecule has 0 bridgehead atoms. The van der Waals surface area contributed by atoms with E-state index in [-0.39, 0.29) is 45.6 Å². The molecule has 10 atom stereocenters. The van der Waals surface area contributed by atoms with Gasteiger partial charge in [0.2, 0.25) is 5.96 Å². The first-order valence-electron chi connectivity index (χ1n) is 16.3. The highest BCUT2D eigenvalue weighted by Crippen LogP contribution is 2.75. The Hall–Kier alpha value is -2.09. The van der Waals surface area contributed by atoms with E-state index in [1.807, 2.05) is 0 Å². The Labute approximate surface area is 254 Å². The third kappa shape index (κ3) is 4.69. The summed E-state index contributed by atoms with van der Waals surface area (Å²) in [6.45, 7) is 17.0. The number of guanidine groups is 2. The van der Waals surface area contributed by atoms with Crippen molar-refractivity contribution in [3.63, 3.8) is 0 Å². The van der Waals surface area contributed by atoms with E-state index in [1.165, 1.54) is 18.4 Å². The number of nitrogens with zero attached hydrogens (tertiary/aromatic N) is 2. The van der Waals surface area contributed by atoms with Crippen LogP contribution in [0, 0.1) is 62.1 Å². The number of aliphatic hydroxyl groups is 1. The van der Waals surface area contributed by atoms with E-state index in [1.54, 1.807) is 19.0 Å². The van der Waals surface area contributed by atoms with Crippen molar-refractivity contribution in [2.24, 2.45) is 73.1 Å². The van der Waals surface area contributed by atoms with Crippen molar-refractivity contribution in [3.05, 3.63) is 11.6 Å². The summed E-state index contributed by atoms with van der Waals surface area (Å²) in [7, 11) is 3.45. The molecule has 0 radical (unpaired) electrons. The van der Waals surface area contributed by atoms with Crippen LogP contribution in [-0.4, -0.2) is 53.2 Å². The average Bonchev–Trinajstić information content (AvgIpc) is 2.89. The second-order valence-corrected chi connectivity index (χ2v) is 16.2. The van der Waals surface area contributed by atoms with Gasteiger partial charge in [-0.15, -0.1) is 0 Å². The second kappa shape index (κ2) is 10.8. The number of carboxylic acid groups (broad SMARTS) is 1. The van der Waals surface area contributed by atoms with Crippen LogP contribution in [0.2, 0.25) is 0 Å². The molecular formula is C34H59N5O3. The normalized spacial score (nSPS) is 45.9. The minimum Gasteiger partial charge on any atom is -0.481 e. The van der Waals surface area contributed by atoms with Crippen LogP contribution in [-0.2, 0) is 4.79 Å². The smallest absolute Gasteiger partial charge is 0.310 e. The third-order valence-electron chi connectivity index (χ3n) is 14.1. The Balaban J connectivity index is 0.000000392. The minimum atomic E-state index is -0.557. The van der Waals surface area contributed by atoms with Crippen molar-refractivity contribution in [2.75, 3.05) is 14.1 Å². The lowest BCUT2D eigenvalue weighted by atomic mass is 9.33. The van der Waals surface area contributed by atoms with E-state index in [4.69, 9.17) is 16.9 Å². The molecule has 0 spiro atoms. The van der Waals surface area contributed by atoms with Crippen LogP contribution in [0.5, 0.6) is 0 Å². The van der Waals surface area contributed by atoms with Crippen molar-refractivity contribution in [1.29, 1.82) is 5.41 Å². The molecule has 2 unspecified atom stereocenters. The quantitative estimate of drug-likeness (QED) is 0.148. The van der Waals surface area contributed by atoms with Crippen molar-refractivity contribution in [3.8, 4) is 0 Å². The van der Waals surface area contributed by atoms with Crippen LogP contribution in [0.25, 0.3) is 0 Å². The highest BCUT2D eigenvalue weighted by atomic mass is 16.4. The summed E-state index contributed by atoms with van der Waals surface area (Å²) in [6, 6.07) is 0. The lowest BCUT2D eigenvalue weighted by molar-refractivity contribution is -0.206. The molecule has 5 aliphatic rings. The van der Waals surface area contributed by atoms with Crippen LogP contribution in [0.3, 0.4) is 0 Å². The zero-order chi connectivity index (χ0) is 31.6. The molecule has 0 aromatic heterocycles. The molecular weight excluding hydrogens is 526 g/mol. The Morgan fingerprint density at radius 3 is 2.17 bits per heavy atom. The summed E-state index contributed by atoms with van der Waals surface area (Å²) in [6.07, 6.45) is 11.6. The number of fused-ring (bicyclic) bond motifs is 7. The number of rotatable bonds is 1. The molecule has 0 aromatic carbocycles. The van der Waals surface area contributed by atoms with Gasteiger partial charge in [0, 0.05) is 14.1 Å². The number of hydrogen-bond donors (Lipinski definition) is 5. The van der Waals surface area contributed by atoms with Crippen LogP contribution >= 0.6 is 0 Å². The maximum Gasteiger partial charge on any atom is 0.310 e. The molecule has 5 aliphatic carbocycles. The maximum atomic E-state index is 12.8. The predicted molar refractivity (Wildman–Crippen MR) is 170 cm³/mol. The third-order valence-corrected chi connectivity index (χ3v) is 14.1. The van der Waals surface area contributed by atoms with E-state index in [9.17, 15) is 15.0 Å². The number of aliphatic imine (C=N–C) groups is 1. The van der Waals surface area contributed by atoms with Gasteiger partial charge in [0.05, 0.1) is 11.5 Å². The van der Waals surface area contributed by atoms with E-state index in [0.717, 1.165) is 44.9 Å². The number of carbonyl (C=O) groups is 1. The fourth-order valence-corrected chi connectivity index (χ4v) is 11.1. The van der Waals surface area contributed by atoms with Crippen LogP contribution in [0.15, 0.2) is 16.6 Å². The molecule has 5 rings (SSSR count). The maximum absolute atomic E-state index is 12.8. The van der Waals surface area contributed by atoms with Gasteiger partial charge in [0.25, 0.3) is 0 Å². The summed E-state index contributed by atoms with van der Waals surface area (Å²) >= 11 is 0. The highest BCUT2D eigenvalue weighted by Gasteiger charge is 2.69. The molecule has 4 saturated carbocycles. The summed E-state index contributed by atoms with van der Waals surface area (Å²) in [5.74, 6) is 1.79. The van der Waals surface area contributed by atoms with Crippen LogP contribution in [0.1, 0.15) is 106 Å². The summed E-state index contributed by atoms with van der Waals surface area (Å²) < 4.78 is 0. The molecule has 8 heteroatoms. The van der Waals surface area contributed by atoms with Crippen molar-refractivity contribution in [2.45, 2.75) is 112 Å². The van der Waals surface area contributed by atoms with E-state index < -0.39 is 11.4 Å². The van der Waals surface area contributed by atoms with Gasteiger partial charge in [-0.2, -0.15) is 4.99 Å². The van der Waals surface area contributed by atoms with Crippen LogP contribution in [0.4, 0.5) is 0 Å². The van der Waals surface area contributed by atoms with E-state index in [0.29, 0.717) is 23.7 Å². The summed E-state index contributed by atoms with van der Waals surface area (Å²) in [4.78, 5) is 17.8. The Bertz CT molecular complexity index is 1150. The van der Waals surface area contributed by atoms with Gasteiger partial charge < -0.3 is 26.6 Å². The fourth-order valence-electron chi connectivity index (χ4n) is 11.1. The molecule has 0 saturated heterocycles. The molecule has 0 aliphatic heterocycles. The number of aliphatic carboxylic acids is 1. The number of aliphatic hydroxyl groups excluding tert-OH is 1. The summed E-state index contributed by atoms with van der Waals surface area (Å²) in [5, 5.41) is 28.1. The Morgan fingerprint density at radius 2 is 1.62 bits per heavy atom. The van der Waals surface area contributed by atoms with Gasteiger partial charge in [-0.25, -0.2) is 0 Å². The largest absolute Gasteiger partial charge is 0.481 e. The minimum absolute atomic E-state index is 0.0302. The van der Waals surface area contributed by atoms with E-state index in [2.05, 4.69) is 59.5 Å². The lowest BCUT2D eigenvalue weighted by Crippen LogP contribution is -2.65.